The fourth-order valence-corrected chi connectivity index (χ4v) is 1.75. The summed E-state index contributed by atoms with van der Waals surface area (Å²) >= 11 is 20.7. The van der Waals surface area contributed by atoms with Gasteiger partial charge in [0.15, 0.2) is 5.15 Å². The minimum absolute atomic E-state index is 0.273. The molecule has 7 heteroatoms. The molecule has 0 saturated carbocycles. The van der Waals surface area contributed by atoms with Crippen LogP contribution >= 0.6 is 50.7 Å². The molecule has 0 N–H and O–H groups in total. The highest BCUT2D eigenvalue weighted by Crippen LogP contribution is 2.33. The van der Waals surface area contributed by atoms with Gasteiger partial charge >= 0.3 is 0 Å². The van der Waals surface area contributed by atoms with Gasteiger partial charge < -0.3 is 4.74 Å². The first-order chi connectivity index (χ1) is 8.08. The molecule has 0 fully saturated rings. The molecular weight excluding hydrogens is 350 g/mol. The van der Waals surface area contributed by atoms with E-state index in [2.05, 4.69) is 25.9 Å². The third-order valence-electron chi connectivity index (χ3n) is 1.82. The van der Waals surface area contributed by atoms with Crippen LogP contribution < -0.4 is 4.74 Å². The number of halogens is 4. The van der Waals surface area contributed by atoms with Gasteiger partial charge in [0.1, 0.15) is 16.5 Å². The van der Waals surface area contributed by atoms with Gasteiger partial charge in [0.25, 0.3) is 0 Å². The lowest BCUT2D eigenvalue weighted by atomic mass is 10.3. The highest BCUT2D eigenvalue weighted by molar-refractivity contribution is 9.10. The van der Waals surface area contributed by atoms with Crippen molar-refractivity contribution in [3.63, 3.8) is 0 Å². The van der Waals surface area contributed by atoms with E-state index in [-0.39, 0.29) is 5.15 Å². The molecule has 0 aliphatic rings. The van der Waals surface area contributed by atoms with Crippen LogP contribution in [0.15, 0.2) is 29.0 Å². The Balaban J connectivity index is 2.31. The average molecular weight is 354 g/mol. The van der Waals surface area contributed by atoms with E-state index in [1.807, 2.05) is 0 Å². The van der Waals surface area contributed by atoms with E-state index in [0.29, 0.717) is 26.1 Å². The molecule has 0 saturated heterocycles. The topological polar surface area (TPSA) is 35.0 Å². The molecule has 0 bridgehead atoms. The number of hydrogen-bond acceptors (Lipinski definition) is 3. The summed E-state index contributed by atoms with van der Waals surface area (Å²) in [6, 6.07) is 4.90. The molecule has 17 heavy (non-hydrogen) atoms. The van der Waals surface area contributed by atoms with Gasteiger partial charge in [0.05, 0.1) is 10.0 Å². The molecular formula is C10H4BrCl3N2O. The Kier molecular flexibility index (Phi) is 4.09. The fourth-order valence-electron chi connectivity index (χ4n) is 1.06. The van der Waals surface area contributed by atoms with E-state index in [9.17, 15) is 0 Å². The van der Waals surface area contributed by atoms with Gasteiger partial charge in [0.2, 0.25) is 5.88 Å². The lowest BCUT2D eigenvalue weighted by molar-refractivity contribution is 0.458. The predicted octanol–water partition coefficient (Wildman–Crippen LogP) is 4.99. The maximum absolute atomic E-state index is 5.87. The van der Waals surface area contributed by atoms with Crippen molar-refractivity contribution in [2.24, 2.45) is 0 Å². The van der Waals surface area contributed by atoms with Crippen molar-refractivity contribution in [1.82, 2.24) is 9.97 Å². The first-order valence-electron chi connectivity index (χ1n) is 4.37. The van der Waals surface area contributed by atoms with Crippen molar-refractivity contribution >= 4 is 50.7 Å². The van der Waals surface area contributed by atoms with Gasteiger partial charge in [-0.1, -0.05) is 34.8 Å². The SMILES string of the molecule is Clc1ccc(Oc2ncnc(Cl)c2Br)cc1Cl. The molecule has 0 atom stereocenters. The van der Waals surface area contributed by atoms with Crippen LogP contribution in [0.2, 0.25) is 15.2 Å². The molecule has 0 radical (unpaired) electrons. The minimum Gasteiger partial charge on any atom is -0.438 e. The zero-order valence-electron chi connectivity index (χ0n) is 8.12. The van der Waals surface area contributed by atoms with Crippen LogP contribution in [0.1, 0.15) is 0 Å². The minimum atomic E-state index is 0.273. The Hall–Kier alpha value is -0.550. The van der Waals surface area contributed by atoms with Crippen molar-refractivity contribution in [2.45, 2.75) is 0 Å². The van der Waals surface area contributed by atoms with Crippen LogP contribution in [0.3, 0.4) is 0 Å². The monoisotopic (exact) mass is 352 g/mol. The highest BCUT2D eigenvalue weighted by atomic mass is 79.9. The van der Waals surface area contributed by atoms with Gasteiger partial charge in [-0.05, 0) is 28.1 Å². The summed E-state index contributed by atoms with van der Waals surface area (Å²) < 4.78 is 5.98. The predicted molar refractivity (Wildman–Crippen MR) is 71.3 cm³/mol. The number of ether oxygens (including phenoxy) is 1. The summed E-state index contributed by atoms with van der Waals surface area (Å²) in [6.07, 6.45) is 1.31. The lowest BCUT2D eigenvalue weighted by Gasteiger charge is -2.07. The van der Waals surface area contributed by atoms with Crippen molar-refractivity contribution in [3.8, 4) is 11.6 Å². The van der Waals surface area contributed by atoms with Crippen molar-refractivity contribution < 1.29 is 4.74 Å². The number of rotatable bonds is 2. The second kappa shape index (κ2) is 5.40. The summed E-state index contributed by atoms with van der Waals surface area (Å²) in [5.74, 6) is 0.818. The van der Waals surface area contributed by atoms with E-state index in [0.717, 1.165) is 0 Å². The van der Waals surface area contributed by atoms with Gasteiger partial charge in [-0.3, -0.25) is 0 Å². The average Bonchev–Trinajstić information content (AvgIpc) is 2.30. The fraction of sp³-hybridized carbons (Fsp3) is 0. The maximum Gasteiger partial charge on any atom is 0.238 e. The third-order valence-corrected chi connectivity index (χ3v) is 3.79. The summed E-state index contributed by atoms with van der Waals surface area (Å²) in [5.41, 5.74) is 0. The van der Waals surface area contributed by atoms with Gasteiger partial charge in [0, 0.05) is 6.07 Å². The number of benzene rings is 1. The Morgan fingerprint density at radius 1 is 1.06 bits per heavy atom. The molecule has 0 amide bonds. The zero-order valence-corrected chi connectivity index (χ0v) is 12.0. The number of hydrogen-bond donors (Lipinski definition) is 0. The van der Waals surface area contributed by atoms with Crippen LogP contribution in [-0.4, -0.2) is 9.97 Å². The Labute approximate surface area is 121 Å². The molecule has 0 aliphatic heterocycles. The number of aromatic nitrogens is 2. The van der Waals surface area contributed by atoms with Crippen LogP contribution in [0, 0.1) is 0 Å². The van der Waals surface area contributed by atoms with Crippen molar-refractivity contribution in [3.05, 3.63) is 44.2 Å². The number of nitrogens with zero attached hydrogens (tertiary/aromatic N) is 2. The van der Waals surface area contributed by atoms with Gasteiger partial charge in [-0.25, -0.2) is 9.97 Å². The van der Waals surface area contributed by atoms with Gasteiger partial charge in [-0.15, -0.1) is 0 Å². The molecule has 2 rings (SSSR count). The van der Waals surface area contributed by atoms with E-state index < -0.39 is 0 Å². The Bertz CT molecular complexity index is 565. The zero-order chi connectivity index (χ0) is 12.4. The van der Waals surface area contributed by atoms with Crippen LogP contribution in [-0.2, 0) is 0 Å². The van der Waals surface area contributed by atoms with E-state index in [1.54, 1.807) is 18.2 Å². The molecule has 0 unspecified atom stereocenters. The standard InChI is InChI=1S/C10H4BrCl3N2O/c11-8-9(14)15-4-16-10(8)17-5-1-2-6(12)7(13)3-5/h1-4H. The summed E-state index contributed by atoms with van der Waals surface area (Å²) in [6.45, 7) is 0. The Morgan fingerprint density at radius 2 is 1.82 bits per heavy atom. The molecule has 3 nitrogen and oxygen atoms in total. The third kappa shape index (κ3) is 3.01. The van der Waals surface area contributed by atoms with Crippen LogP contribution in [0.4, 0.5) is 0 Å². The second-order valence-corrected chi connectivity index (χ2v) is 4.93. The van der Waals surface area contributed by atoms with E-state index >= 15 is 0 Å². The Morgan fingerprint density at radius 3 is 2.53 bits per heavy atom. The first-order valence-corrected chi connectivity index (χ1v) is 6.29. The smallest absolute Gasteiger partial charge is 0.238 e. The quantitative estimate of drug-likeness (QED) is 0.713. The van der Waals surface area contributed by atoms with Crippen molar-refractivity contribution in [2.75, 3.05) is 0 Å². The normalized spacial score (nSPS) is 10.4. The summed E-state index contributed by atoms with van der Waals surface area (Å²) in [5, 5.41) is 1.13. The van der Waals surface area contributed by atoms with E-state index in [4.69, 9.17) is 39.5 Å². The molecule has 88 valence electrons. The molecule has 1 aromatic heterocycles. The van der Waals surface area contributed by atoms with Crippen LogP contribution in [0.25, 0.3) is 0 Å². The second-order valence-electron chi connectivity index (χ2n) is 2.96. The van der Waals surface area contributed by atoms with Gasteiger partial charge in [-0.2, -0.15) is 0 Å². The molecule has 0 aliphatic carbocycles. The largest absolute Gasteiger partial charge is 0.438 e. The molecule has 1 heterocycles. The summed E-state index contributed by atoms with van der Waals surface area (Å²) in [7, 11) is 0. The molecule has 0 spiro atoms. The van der Waals surface area contributed by atoms with E-state index in [1.165, 1.54) is 6.33 Å². The highest BCUT2D eigenvalue weighted by Gasteiger charge is 2.09. The van der Waals surface area contributed by atoms with Crippen molar-refractivity contribution in [1.29, 1.82) is 0 Å². The summed E-state index contributed by atoms with van der Waals surface area (Å²) in [4.78, 5) is 7.74. The first kappa shape index (κ1) is 12.9. The van der Waals surface area contributed by atoms with Crippen LogP contribution in [0.5, 0.6) is 11.6 Å². The molecule has 2 aromatic rings. The molecule has 1 aromatic carbocycles. The maximum atomic E-state index is 5.87. The lowest BCUT2D eigenvalue weighted by Crippen LogP contribution is -1.91.